The fraction of sp³-hybridized carbons (Fsp3) is 0.417. The van der Waals surface area contributed by atoms with E-state index in [2.05, 4.69) is 4.90 Å². The molecule has 0 spiro atoms. The molecular weight excluding hydrogens is 188 g/mol. The fourth-order valence-corrected chi connectivity index (χ4v) is 1.47. The molecule has 3 heteroatoms. The topological polar surface area (TPSA) is 47.3 Å². The molecule has 0 bridgehead atoms. The first-order chi connectivity index (χ1) is 7.13. The molecule has 1 unspecified atom stereocenters. The maximum atomic E-state index is 9.64. The quantitative estimate of drug-likeness (QED) is 0.812. The molecule has 0 heterocycles. The van der Waals surface area contributed by atoms with E-state index in [9.17, 15) is 5.11 Å². The van der Waals surface area contributed by atoms with Crippen molar-refractivity contribution in [1.82, 2.24) is 4.90 Å². The second-order valence-corrected chi connectivity index (χ2v) is 3.86. The molecule has 1 atom stereocenters. The molecule has 0 aliphatic heterocycles. The maximum absolute atomic E-state index is 9.64. The van der Waals surface area contributed by atoms with Gasteiger partial charge in [0, 0.05) is 6.54 Å². The summed E-state index contributed by atoms with van der Waals surface area (Å²) in [6, 6.07) is 9.69. The number of nitrogens with zero attached hydrogens (tertiary/aromatic N) is 2. The van der Waals surface area contributed by atoms with Gasteiger partial charge in [-0.3, -0.25) is 0 Å². The van der Waals surface area contributed by atoms with Crippen LogP contribution in [0, 0.1) is 11.3 Å². The Hall–Kier alpha value is -1.37. The van der Waals surface area contributed by atoms with E-state index in [0.717, 1.165) is 17.7 Å². The molecular formula is C12H16N2O. The molecule has 0 saturated heterocycles. The molecule has 80 valence electrons. The first kappa shape index (κ1) is 11.7. The summed E-state index contributed by atoms with van der Waals surface area (Å²) in [7, 11) is 4.00. The van der Waals surface area contributed by atoms with Gasteiger partial charge in [-0.1, -0.05) is 24.3 Å². The van der Waals surface area contributed by atoms with Gasteiger partial charge in [0.25, 0.3) is 0 Å². The highest BCUT2D eigenvalue weighted by Gasteiger charge is 2.07. The Balaban J connectivity index is 2.78. The van der Waals surface area contributed by atoms with Crippen LogP contribution in [0.2, 0.25) is 0 Å². The first-order valence-corrected chi connectivity index (χ1v) is 4.92. The molecule has 15 heavy (non-hydrogen) atoms. The monoisotopic (exact) mass is 204 g/mol. The second-order valence-electron chi connectivity index (χ2n) is 3.86. The number of aliphatic hydroxyl groups excluding tert-OH is 1. The Labute approximate surface area is 90.6 Å². The smallest absolute Gasteiger partial charge is 0.0920 e. The summed E-state index contributed by atoms with van der Waals surface area (Å²) in [6.45, 7) is 0.840. The third-order valence-corrected chi connectivity index (χ3v) is 2.12. The maximum Gasteiger partial charge on any atom is 0.0920 e. The highest BCUT2D eigenvalue weighted by Crippen LogP contribution is 2.17. The summed E-state index contributed by atoms with van der Waals surface area (Å²) in [5, 5.41) is 18.1. The Kier molecular flexibility index (Phi) is 4.29. The van der Waals surface area contributed by atoms with Crippen molar-refractivity contribution in [2.24, 2.45) is 0 Å². The number of nitriles is 1. The lowest BCUT2D eigenvalue weighted by Crippen LogP contribution is -2.11. The molecule has 1 N–H and O–H groups in total. The van der Waals surface area contributed by atoms with Gasteiger partial charge >= 0.3 is 0 Å². The zero-order valence-electron chi connectivity index (χ0n) is 9.14. The van der Waals surface area contributed by atoms with Gasteiger partial charge in [-0.2, -0.15) is 5.26 Å². The van der Waals surface area contributed by atoms with Crippen LogP contribution in [-0.2, 0) is 6.54 Å². The zero-order valence-corrected chi connectivity index (χ0v) is 9.14. The molecule has 1 rings (SSSR count). The van der Waals surface area contributed by atoms with Crippen molar-refractivity contribution in [1.29, 1.82) is 5.26 Å². The molecule has 0 aliphatic carbocycles. The van der Waals surface area contributed by atoms with Gasteiger partial charge in [-0.15, -0.1) is 0 Å². The van der Waals surface area contributed by atoms with E-state index in [0.29, 0.717) is 0 Å². The van der Waals surface area contributed by atoms with Crippen LogP contribution in [-0.4, -0.2) is 24.1 Å². The van der Waals surface area contributed by atoms with E-state index >= 15 is 0 Å². The lowest BCUT2D eigenvalue weighted by atomic mass is 10.0. The minimum atomic E-state index is -0.669. The van der Waals surface area contributed by atoms with Crippen molar-refractivity contribution in [2.45, 2.75) is 19.1 Å². The molecule has 1 aromatic carbocycles. The van der Waals surface area contributed by atoms with Crippen LogP contribution in [0.3, 0.4) is 0 Å². The number of rotatable bonds is 4. The van der Waals surface area contributed by atoms with E-state index in [1.165, 1.54) is 0 Å². The fourth-order valence-electron chi connectivity index (χ4n) is 1.47. The lowest BCUT2D eigenvalue weighted by Gasteiger charge is -2.12. The van der Waals surface area contributed by atoms with Crippen LogP contribution in [0.25, 0.3) is 0 Å². The molecule has 1 aromatic rings. The van der Waals surface area contributed by atoms with Crippen LogP contribution in [0.15, 0.2) is 24.3 Å². The summed E-state index contributed by atoms with van der Waals surface area (Å²) in [4.78, 5) is 2.07. The SMILES string of the molecule is CN(C)Cc1cccc(C(O)CC#N)c1. The van der Waals surface area contributed by atoms with Crippen molar-refractivity contribution < 1.29 is 5.11 Å². The Bertz CT molecular complexity index is 355. The highest BCUT2D eigenvalue weighted by molar-refractivity contribution is 5.25. The predicted molar refractivity (Wildman–Crippen MR) is 59.0 cm³/mol. The average Bonchev–Trinajstić information content (AvgIpc) is 2.17. The van der Waals surface area contributed by atoms with Gasteiger partial charge in [0.1, 0.15) is 0 Å². The minimum absolute atomic E-state index is 0.144. The summed E-state index contributed by atoms with van der Waals surface area (Å²) in [5.74, 6) is 0. The van der Waals surface area contributed by atoms with E-state index in [1.807, 2.05) is 44.4 Å². The van der Waals surface area contributed by atoms with Crippen LogP contribution in [0.5, 0.6) is 0 Å². The summed E-state index contributed by atoms with van der Waals surface area (Å²) >= 11 is 0. The van der Waals surface area contributed by atoms with Crippen molar-refractivity contribution >= 4 is 0 Å². The minimum Gasteiger partial charge on any atom is -0.387 e. The number of hydrogen-bond donors (Lipinski definition) is 1. The van der Waals surface area contributed by atoms with Crippen molar-refractivity contribution in [3.63, 3.8) is 0 Å². The molecule has 3 nitrogen and oxygen atoms in total. The van der Waals surface area contributed by atoms with Crippen LogP contribution in [0.4, 0.5) is 0 Å². The van der Waals surface area contributed by atoms with Gasteiger partial charge in [-0.05, 0) is 25.2 Å². The van der Waals surface area contributed by atoms with Gasteiger partial charge in [0.15, 0.2) is 0 Å². The van der Waals surface area contributed by atoms with E-state index in [1.54, 1.807) is 0 Å². The summed E-state index contributed by atoms with van der Waals surface area (Å²) < 4.78 is 0. The van der Waals surface area contributed by atoms with Crippen LogP contribution >= 0.6 is 0 Å². The molecule has 0 aliphatic rings. The Morgan fingerprint density at radius 1 is 1.47 bits per heavy atom. The number of aliphatic hydroxyl groups is 1. The summed E-state index contributed by atoms with van der Waals surface area (Å²) in [6.07, 6.45) is -0.525. The molecule has 0 amide bonds. The third kappa shape index (κ3) is 3.70. The van der Waals surface area contributed by atoms with Crippen molar-refractivity contribution in [2.75, 3.05) is 14.1 Å². The van der Waals surface area contributed by atoms with E-state index in [-0.39, 0.29) is 6.42 Å². The Morgan fingerprint density at radius 2 is 2.20 bits per heavy atom. The van der Waals surface area contributed by atoms with Crippen LogP contribution in [0.1, 0.15) is 23.7 Å². The standard InChI is InChI=1S/C12H16N2O/c1-14(2)9-10-4-3-5-11(8-10)12(15)6-7-13/h3-5,8,12,15H,6,9H2,1-2H3. The first-order valence-electron chi connectivity index (χ1n) is 4.92. The summed E-state index contributed by atoms with van der Waals surface area (Å²) in [5.41, 5.74) is 1.96. The predicted octanol–water partition coefficient (Wildman–Crippen LogP) is 1.70. The van der Waals surface area contributed by atoms with Gasteiger partial charge in [-0.25, -0.2) is 0 Å². The van der Waals surface area contributed by atoms with Crippen molar-refractivity contribution in [3.8, 4) is 6.07 Å². The second kappa shape index (κ2) is 5.50. The molecule has 0 saturated carbocycles. The van der Waals surface area contributed by atoms with Gasteiger partial charge < -0.3 is 10.0 Å². The molecule has 0 fully saturated rings. The zero-order chi connectivity index (χ0) is 11.3. The lowest BCUT2D eigenvalue weighted by molar-refractivity contribution is 0.183. The average molecular weight is 204 g/mol. The Morgan fingerprint density at radius 3 is 2.80 bits per heavy atom. The van der Waals surface area contributed by atoms with Gasteiger partial charge in [0.2, 0.25) is 0 Å². The van der Waals surface area contributed by atoms with Gasteiger partial charge in [0.05, 0.1) is 18.6 Å². The third-order valence-electron chi connectivity index (χ3n) is 2.12. The molecule has 0 radical (unpaired) electrons. The van der Waals surface area contributed by atoms with E-state index in [4.69, 9.17) is 5.26 Å². The number of hydrogen-bond acceptors (Lipinski definition) is 3. The van der Waals surface area contributed by atoms with Crippen molar-refractivity contribution in [3.05, 3.63) is 35.4 Å². The number of benzene rings is 1. The largest absolute Gasteiger partial charge is 0.387 e. The highest BCUT2D eigenvalue weighted by atomic mass is 16.3. The van der Waals surface area contributed by atoms with E-state index < -0.39 is 6.10 Å². The normalized spacial score (nSPS) is 12.5. The molecule has 0 aromatic heterocycles. The van der Waals surface area contributed by atoms with Crippen LogP contribution < -0.4 is 0 Å².